The minimum absolute atomic E-state index is 0.192. The van der Waals surface area contributed by atoms with Crippen LogP contribution in [0.3, 0.4) is 0 Å². The summed E-state index contributed by atoms with van der Waals surface area (Å²) in [7, 11) is 0. The second-order valence-electron chi connectivity index (χ2n) is 5.96. The number of nitrogens with zero attached hydrogens (tertiary/aromatic N) is 3. The molecule has 0 radical (unpaired) electrons. The van der Waals surface area contributed by atoms with Gasteiger partial charge in [-0.05, 0) is 12.5 Å². The van der Waals surface area contributed by atoms with E-state index in [-0.39, 0.29) is 23.2 Å². The van der Waals surface area contributed by atoms with Crippen LogP contribution in [0.1, 0.15) is 21.6 Å². The van der Waals surface area contributed by atoms with Crippen molar-refractivity contribution < 1.29 is 19.1 Å². The average Bonchev–Trinajstić information content (AvgIpc) is 2.94. The van der Waals surface area contributed by atoms with Crippen LogP contribution >= 0.6 is 11.6 Å². The van der Waals surface area contributed by atoms with Gasteiger partial charge in [0.15, 0.2) is 6.61 Å². The van der Waals surface area contributed by atoms with Gasteiger partial charge in [-0.2, -0.15) is 5.10 Å². The summed E-state index contributed by atoms with van der Waals surface area (Å²) < 4.78 is 11.9. The second kappa shape index (κ2) is 8.33. The Morgan fingerprint density at radius 2 is 1.92 bits per heavy atom. The van der Waals surface area contributed by atoms with Gasteiger partial charge in [-0.1, -0.05) is 41.9 Å². The van der Waals surface area contributed by atoms with E-state index >= 15 is 0 Å². The highest BCUT2D eigenvalue weighted by Crippen LogP contribution is 2.22. The summed E-state index contributed by atoms with van der Waals surface area (Å²) in [5.41, 5.74) is 1.67. The first-order valence-corrected chi connectivity index (χ1v) is 8.73. The first kappa shape index (κ1) is 18.4. The Hall–Kier alpha value is -2.38. The lowest BCUT2D eigenvalue weighted by molar-refractivity contribution is -0.138. The van der Waals surface area contributed by atoms with Gasteiger partial charge >= 0.3 is 5.97 Å². The van der Waals surface area contributed by atoms with Crippen molar-refractivity contribution in [2.45, 2.75) is 13.5 Å². The number of carbonyl (C=O) groups excluding carboxylic acids is 2. The highest BCUT2D eigenvalue weighted by molar-refractivity contribution is 6.32. The Bertz CT molecular complexity index is 785. The number of rotatable bonds is 5. The Balaban J connectivity index is 1.64. The van der Waals surface area contributed by atoms with Crippen LogP contribution in [0.4, 0.5) is 0 Å². The smallest absolute Gasteiger partial charge is 0.343 e. The molecule has 1 fully saturated rings. The Morgan fingerprint density at radius 1 is 1.23 bits per heavy atom. The van der Waals surface area contributed by atoms with E-state index in [1.54, 1.807) is 16.5 Å². The van der Waals surface area contributed by atoms with Gasteiger partial charge in [0, 0.05) is 13.1 Å². The topological polar surface area (TPSA) is 73.7 Å². The van der Waals surface area contributed by atoms with E-state index in [0.29, 0.717) is 38.5 Å². The highest BCUT2D eigenvalue weighted by Gasteiger charge is 2.24. The molecule has 1 amide bonds. The Kier molecular flexibility index (Phi) is 5.90. The summed E-state index contributed by atoms with van der Waals surface area (Å²) in [6.45, 7) is 3.82. The Labute approximate surface area is 156 Å². The monoisotopic (exact) mass is 377 g/mol. The zero-order valence-corrected chi connectivity index (χ0v) is 15.2. The lowest BCUT2D eigenvalue weighted by Gasteiger charge is -2.26. The van der Waals surface area contributed by atoms with E-state index in [1.165, 1.54) is 0 Å². The first-order valence-electron chi connectivity index (χ1n) is 8.35. The minimum atomic E-state index is -0.645. The molecular weight excluding hydrogens is 358 g/mol. The number of benzene rings is 1. The number of halogens is 1. The summed E-state index contributed by atoms with van der Waals surface area (Å²) in [4.78, 5) is 26.1. The largest absolute Gasteiger partial charge is 0.452 e. The molecule has 2 aromatic rings. The molecule has 1 aromatic heterocycles. The lowest BCUT2D eigenvalue weighted by atomic mass is 10.2. The van der Waals surface area contributed by atoms with Crippen LogP contribution in [-0.4, -0.2) is 59.5 Å². The van der Waals surface area contributed by atoms with Crippen molar-refractivity contribution >= 4 is 23.5 Å². The predicted molar refractivity (Wildman–Crippen MR) is 95.2 cm³/mol. The van der Waals surface area contributed by atoms with E-state index in [4.69, 9.17) is 21.1 Å². The van der Waals surface area contributed by atoms with E-state index in [9.17, 15) is 9.59 Å². The molecule has 8 heteroatoms. The number of amides is 1. The number of aryl methyl sites for hydroxylation is 1. The number of hydrogen-bond donors (Lipinski definition) is 0. The molecule has 138 valence electrons. The van der Waals surface area contributed by atoms with Crippen LogP contribution in [-0.2, 0) is 20.8 Å². The van der Waals surface area contributed by atoms with Crippen molar-refractivity contribution in [1.29, 1.82) is 0 Å². The van der Waals surface area contributed by atoms with E-state index in [2.05, 4.69) is 5.10 Å². The summed E-state index contributed by atoms with van der Waals surface area (Å²) >= 11 is 6.33. The number of morpholine rings is 1. The third kappa shape index (κ3) is 4.23. The van der Waals surface area contributed by atoms with Gasteiger partial charge in [0.25, 0.3) is 5.91 Å². The van der Waals surface area contributed by atoms with Crippen LogP contribution in [0.15, 0.2) is 30.3 Å². The maximum atomic E-state index is 12.4. The van der Waals surface area contributed by atoms with Gasteiger partial charge in [0.05, 0.1) is 25.5 Å². The first-order chi connectivity index (χ1) is 12.6. The average molecular weight is 378 g/mol. The van der Waals surface area contributed by atoms with Gasteiger partial charge in [0.1, 0.15) is 10.7 Å². The third-order valence-electron chi connectivity index (χ3n) is 4.14. The number of carbonyl (C=O) groups is 2. The molecule has 1 aliphatic rings. The molecular formula is C18H20ClN3O4. The van der Waals surface area contributed by atoms with Gasteiger partial charge in [-0.3, -0.25) is 4.79 Å². The highest BCUT2D eigenvalue weighted by atomic mass is 35.5. The number of hydrogen-bond acceptors (Lipinski definition) is 5. The van der Waals surface area contributed by atoms with Crippen molar-refractivity contribution in [3.8, 4) is 0 Å². The zero-order chi connectivity index (χ0) is 18.5. The molecule has 3 rings (SSSR count). The summed E-state index contributed by atoms with van der Waals surface area (Å²) in [5.74, 6) is -0.888. The summed E-state index contributed by atoms with van der Waals surface area (Å²) in [5, 5.41) is 4.52. The van der Waals surface area contributed by atoms with Gasteiger partial charge in [-0.25, -0.2) is 9.48 Å². The molecule has 0 atom stereocenters. The Morgan fingerprint density at radius 3 is 2.62 bits per heavy atom. The van der Waals surface area contributed by atoms with Crippen LogP contribution in [0.25, 0.3) is 0 Å². The van der Waals surface area contributed by atoms with Gasteiger partial charge in [-0.15, -0.1) is 0 Å². The molecule has 0 bridgehead atoms. The van der Waals surface area contributed by atoms with Crippen LogP contribution < -0.4 is 0 Å². The van der Waals surface area contributed by atoms with Gasteiger partial charge < -0.3 is 14.4 Å². The molecule has 26 heavy (non-hydrogen) atoms. The van der Waals surface area contributed by atoms with Crippen molar-refractivity contribution in [3.63, 3.8) is 0 Å². The van der Waals surface area contributed by atoms with Crippen LogP contribution in [0.2, 0.25) is 5.15 Å². The zero-order valence-electron chi connectivity index (χ0n) is 14.5. The van der Waals surface area contributed by atoms with Gasteiger partial charge in [0.2, 0.25) is 0 Å². The maximum Gasteiger partial charge on any atom is 0.343 e. The lowest BCUT2D eigenvalue weighted by Crippen LogP contribution is -2.42. The maximum absolute atomic E-state index is 12.4. The molecule has 7 nitrogen and oxygen atoms in total. The molecule has 1 aromatic carbocycles. The summed E-state index contributed by atoms with van der Waals surface area (Å²) in [6, 6.07) is 9.67. The van der Waals surface area contributed by atoms with Crippen LogP contribution in [0.5, 0.6) is 0 Å². The molecule has 2 heterocycles. The van der Waals surface area contributed by atoms with E-state index in [0.717, 1.165) is 5.56 Å². The number of aromatic nitrogens is 2. The summed E-state index contributed by atoms with van der Waals surface area (Å²) in [6.07, 6.45) is 0. The quantitative estimate of drug-likeness (QED) is 0.744. The molecule has 0 N–H and O–H groups in total. The molecule has 0 saturated carbocycles. The van der Waals surface area contributed by atoms with E-state index < -0.39 is 5.97 Å². The van der Waals surface area contributed by atoms with Crippen molar-refractivity contribution in [2.75, 3.05) is 32.9 Å². The fourth-order valence-corrected chi connectivity index (χ4v) is 3.06. The minimum Gasteiger partial charge on any atom is -0.452 e. The standard InChI is InChI=1S/C18H20ClN3O4/c1-13-16(17(19)22(20-13)11-14-5-3-2-4-6-14)18(24)26-12-15(23)21-7-9-25-10-8-21/h2-6H,7-12H2,1H3. The normalized spacial score (nSPS) is 14.3. The van der Waals surface area contributed by atoms with Crippen molar-refractivity contribution in [2.24, 2.45) is 0 Å². The molecule has 1 aliphatic heterocycles. The molecule has 0 aliphatic carbocycles. The van der Waals surface area contributed by atoms with E-state index in [1.807, 2.05) is 30.3 Å². The molecule has 1 saturated heterocycles. The fraction of sp³-hybridized carbons (Fsp3) is 0.389. The number of esters is 1. The SMILES string of the molecule is Cc1nn(Cc2ccccc2)c(Cl)c1C(=O)OCC(=O)N1CCOCC1. The molecule has 0 unspecified atom stereocenters. The second-order valence-corrected chi connectivity index (χ2v) is 6.32. The third-order valence-corrected chi connectivity index (χ3v) is 4.52. The fourth-order valence-electron chi connectivity index (χ4n) is 2.75. The predicted octanol–water partition coefficient (Wildman–Crippen LogP) is 1.91. The van der Waals surface area contributed by atoms with Crippen molar-refractivity contribution in [1.82, 2.24) is 14.7 Å². The number of ether oxygens (including phenoxy) is 2. The van der Waals surface area contributed by atoms with Crippen LogP contribution in [0, 0.1) is 6.92 Å². The van der Waals surface area contributed by atoms with Crippen molar-refractivity contribution in [3.05, 3.63) is 52.3 Å². The molecule has 0 spiro atoms.